The number of carboxylic acids is 1. The summed E-state index contributed by atoms with van der Waals surface area (Å²) in [6.07, 6.45) is 3.12. The standard InChI is InChI=1S/C21H26N4O4/c1-13(2)17-23-19(29-24-17)21-9-3-4-16(21)11-25(12-21)20(28)22-10-14-5-7-15(8-6-14)18(26)27/h5-8,13,16H,3-4,9-12H2,1-2H3,(H,22,28)(H,26,27)/t16-,21-/m1/s1. The summed E-state index contributed by atoms with van der Waals surface area (Å²) in [6, 6.07) is 6.40. The van der Waals surface area contributed by atoms with Crippen molar-refractivity contribution in [2.24, 2.45) is 5.92 Å². The molecule has 1 aliphatic heterocycles. The molecular weight excluding hydrogens is 372 g/mol. The molecule has 8 heteroatoms. The summed E-state index contributed by atoms with van der Waals surface area (Å²) < 4.78 is 5.63. The number of nitrogens with one attached hydrogen (secondary N) is 1. The summed E-state index contributed by atoms with van der Waals surface area (Å²) in [5.41, 5.74) is 0.853. The van der Waals surface area contributed by atoms with Crippen molar-refractivity contribution in [2.75, 3.05) is 13.1 Å². The third-order valence-electron chi connectivity index (χ3n) is 6.19. The highest BCUT2D eigenvalue weighted by atomic mass is 16.5. The lowest BCUT2D eigenvalue weighted by atomic mass is 9.80. The molecular formula is C21H26N4O4. The van der Waals surface area contributed by atoms with Crippen LogP contribution in [0.25, 0.3) is 0 Å². The molecule has 1 saturated heterocycles. The van der Waals surface area contributed by atoms with Crippen molar-refractivity contribution in [2.45, 2.75) is 51.0 Å². The first kappa shape index (κ1) is 19.4. The maximum absolute atomic E-state index is 12.8. The predicted octanol–water partition coefficient (Wildman–Crippen LogP) is 3.15. The third-order valence-corrected chi connectivity index (χ3v) is 6.19. The first-order chi connectivity index (χ1) is 13.9. The van der Waals surface area contributed by atoms with Gasteiger partial charge in [0.1, 0.15) is 0 Å². The Hall–Kier alpha value is -2.90. The Labute approximate surface area is 169 Å². The second-order valence-corrected chi connectivity index (χ2v) is 8.40. The second-order valence-electron chi connectivity index (χ2n) is 8.40. The van der Waals surface area contributed by atoms with Crippen molar-refractivity contribution in [1.29, 1.82) is 0 Å². The molecule has 154 valence electrons. The molecule has 2 N–H and O–H groups in total. The van der Waals surface area contributed by atoms with Crippen LogP contribution in [0.2, 0.25) is 0 Å². The fourth-order valence-electron chi connectivity index (χ4n) is 4.52. The number of hydrogen-bond acceptors (Lipinski definition) is 5. The number of rotatable bonds is 5. The van der Waals surface area contributed by atoms with E-state index < -0.39 is 5.97 Å². The molecule has 1 saturated carbocycles. The molecule has 2 atom stereocenters. The van der Waals surface area contributed by atoms with Crippen molar-refractivity contribution in [3.63, 3.8) is 0 Å². The van der Waals surface area contributed by atoms with Gasteiger partial charge < -0.3 is 19.8 Å². The Morgan fingerprint density at radius 1 is 1.34 bits per heavy atom. The van der Waals surface area contributed by atoms with E-state index in [1.54, 1.807) is 24.3 Å². The Morgan fingerprint density at radius 2 is 2.10 bits per heavy atom. The highest BCUT2D eigenvalue weighted by Crippen LogP contribution is 2.50. The number of amides is 2. The van der Waals surface area contributed by atoms with E-state index in [4.69, 9.17) is 9.63 Å². The number of carbonyl (C=O) groups excluding carboxylic acids is 1. The van der Waals surface area contributed by atoms with Crippen LogP contribution < -0.4 is 5.32 Å². The van der Waals surface area contributed by atoms with Crippen LogP contribution in [0.1, 0.15) is 66.7 Å². The molecule has 0 unspecified atom stereocenters. The number of aromatic carboxylic acids is 1. The molecule has 1 aliphatic carbocycles. The van der Waals surface area contributed by atoms with Crippen molar-refractivity contribution in [3.8, 4) is 0 Å². The van der Waals surface area contributed by atoms with Gasteiger partial charge in [-0.05, 0) is 36.5 Å². The zero-order chi connectivity index (χ0) is 20.6. The molecule has 0 spiro atoms. The molecule has 29 heavy (non-hydrogen) atoms. The Morgan fingerprint density at radius 3 is 2.76 bits per heavy atom. The molecule has 8 nitrogen and oxygen atoms in total. The maximum Gasteiger partial charge on any atom is 0.335 e. The van der Waals surface area contributed by atoms with Gasteiger partial charge in [-0.15, -0.1) is 0 Å². The number of carbonyl (C=O) groups is 2. The monoisotopic (exact) mass is 398 g/mol. The van der Waals surface area contributed by atoms with E-state index >= 15 is 0 Å². The maximum atomic E-state index is 12.8. The number of carboxylic acid groups (broad SMARTS) is 1. The van der Waals surface area contributed by atoms with Crippen LogP contribution in [0.15, 0.2) is 28.8 Å². The van der Waals surface area contributed by atoms with Gasteiger partial charge in [-0.3, -0.25) is 0 Å². The second kappa shape index (κ2) is 7.50. The van der Waals surface area contributed by atoms with Gasteiger partial charge in [0.05, 0.1) is 11.0 Å². The fourth-order valence-corrected chi connectivity index (χ4v) is 4.52. The SMILES string of the molecule is CC(C)c1noc([C@@]23CCC[C@@H]2CN(C(=O)NCc2ccc(C(=O)O)cc2)C3)n1. The van der Waals surface area contributed by atoms with Gasteiger partial charge in [-0.1, -0.05) is 37.6 Å². The molecule has 2 aliphatic rings. The summed E-state index contributed by atoms with van der Waals surface area (Å²) in [5.74, 6) is 0.966. The summed E-state index contributed by atoms with van der Waals surface area (Å²) in [6.45, 7) is 5.70. The molecule has 0 bridgehead atoms. The topological polar surface area (TPSA) is 109 Å². The Kier molecular flexibility index (Phi) is 5.02. The van der Waals surface area contributed by atoms with Crippen molar-refractivity contribution in [3.05, 3.63) is 47.1 Å². The van der Waals surface area contributed by atoms with E-state index in [2.05, 4.69) is 15.5 Å². The molecule has 2 amide bonds. The number of nitrogens with zero attached hydrogens (tertiary/aromatic N) is 3. The highest BCUT2D eigenvalue weighted by molar-refractivity contribution is 5.87. The number of likely N-dealkylation sites (tertiary alicyclic amines) is 1. The Bertz CT molecular complexity index is 908. The van der Waals surface area contributed by atoms with Gasteiger partial charge in [-0.2, -0.15) is 4.98 Å². The van der Waals surface area contributed by atoms with Gasteiger partial charge >= 0.3 is 12.0 Å². The molecule has 2 aromatic rings. The summed E-state index contributed by atoms with van der Waals surface area (Å²) >= 11 is 0. The van der Waals surface area contributed by atoms with Crippen LogP contribution in [-0.2, 0) is 12.0 Å². The molecule has 0 radical (unpaired) electrons. The average Bonchev–Trinajstić information content (AvgIpc) is 3.40. The zero-order valence-electron chi connectivity index (χ0n) is 16.7. The van der Waals surface area contributed by atoms with Crippen molar-refractivity contribution < 1.29 is 19.2 Å². The van der Waals surface area contributed by atoms with Gasteiger partial charge in [0.25, 0.3) is 0 Å². The van der Waals surface area contributed by atoms with E-state index in [-0.39, 0.29) is 22.9 Å². The quantitative estimate of drug-likeness (QED) is 0.801. The zero-order valence-corrected chi connectivity index (χ0v) is 16.7. The largest absolute Gasteiger partial charge is 0.478 e. The van der Waals surface area contributed by atoms with Crippen LogP contribution >= 0.6 is 0 Å². The van der Waals surface area contributed by atoms with Gasteiger partial charge in [0, 0.05) is 25.6 Å². The fraction of sp³-hybridized carbons (Fsp3) is 0.524. The predicted molar refractivity (Wildman–Crippen MR) is 105 cm³/mol. The third kappa shape index (κ3) is 3.59. The van der Waals surface area contributed by atoms with Crippen LogP contribution in [0.4, 0.5) is 4.79 Å². The lowest BCUT2D eigenvalue weighted by molar-refractivity contribution is 0.0697. The van der Waals surface area contributed by atoms with E-state index in [0.717, 1.165) is 24.8 Å². The number of aromatic nitrogens is 2. The van der Waals surface area contributed by atoms with Gasteiger partial charge in [0.2, 0.25) is 5.89 Å². The van der Waals surface area contributed by atoms with Gasteiger partial charge in [-0.25, -0.2) is 9.59 Å². The summed E-state index contributed by atoms with van der Waals surface area (Å²) in [7, 11) is 0. The minimum absolute atomic E-state index is 0.121. The normalized spacial score (nSPS) is 23.4. The van der Waals surface area contributed by atoms with Crippen LogP contribution in [0.3, 0.4) is 0 Å². The van der Waals surface area contributed by atoms with Crippen LogP contribution in [0, 0.1) is 5.92 Å². The molecule has 1 aromatic heterocycles. The summed E-state index contributed by atoms with van der Waals surface area (Å²) in [5, 5.41) is 16.1. The minimum atomic E-state index is -0.962. The van der Waals surface area contributed by atoms with Crippen LogP contribution in [0.5, 0.6) is 0 Å². The van der Waals surface area contributed by atoms with Gasteiger partial charge in [0.15, 0.2) is 5.82 Å². The van der Waals surface area contributed by atoms with E-state index in [1.807, 2.05) is 18.7 Å². The average molecular weight is 398 g/mol. The lowest BCUT2D eigenvalue weighted by Gasteiger charge is -2.24. The molecule has 2 heterocycles. The molecule has 1 aromatic carbocycles. The molecule has 4 rings (SSSR count). The number of urea groups is 1. The smallest absolute Gasteiger partial charge is 0.335 e. The van der Waals surface area contributed by atoms with Crippen molar-refractivity contribution >= 4 is 12.0 Å². The highest BCUT2D eigenvalue weighted by Gasteiger charge is 2.55. The molecule has 2 fully saturated rings. The summed E-state index contributed by atoms with van der Waals surface area (Å²) in [4.78, 5) is 30.2. The van der Waals surface area contributed by atoms with Crippen LogP contribution in [-0.4, -0.2) is 45.2 Å². The van der Waals surface area contributed by atoms with E-state index in [0.29, 0.717) is 37.3 Å². The number of fused-ring (bicyclic) bond motifs is 1. The van der Waals surface area contributed by atoms with Crippen molar-refractivity contribution in [1.82, 2.24) is 20.4 Å². The first-order valence-corrected chi connectivity index (χ1v) is 10.1. The van der Waals surface area contributed by atoms with E-state index in [1.165, 1.54) is 0 Å². The lowest BCUT2D eigenvalue weighted by Crippen LogP contribution is -2.40. The number of benzene rings is 1. The van der Waals surface area contributed by atoms with E-state index in [9.17, 15) is 9.59 Å². The Balaban J connectivity index is 1.42. The minimum Gasteiger partial charge on any atom is -0.478 e. The number of hydrogen-bond donors (Lipinski definition) is 2. The first-order valence-electron chi connectivity index (χ1n) is 10.1.